The van der Waals surface area contributed by atoms with Crippen molar-refractivity contribution in [3.63, 3.8) is 0 Å². The lowest BCUT2D eigenvalue weighted by atomic mass is 10.00. The number of thioether (sulfide) groups is 1. The second-order valence-electron chi connectivity index (χ2n) is 5.46. The molecule has 2 atom stereocenters. The van der Waals surface area contributed by atoms with Crippen LogP contribution in [0.4, 0.5) is 5.69 Å². The van der Waals surface area contributed by atoms with E-state index in [2.05, 4.69) is 80.0 Å². The van der Waals surface area contributed by atoms with E-state index < -0.39 is 0 Å². The molecule has 0 bridgehead atoms. The van der Waals surface area contributed by atoms with Gasteiger partial charge in [0.15, 0.2) is 0 Å². The van der Waals surface area contributed by atoms with Crippen molar-refractivity contribution < 1.29 is 0 Å². The van der Waals surface area contributed by atoms with Crippen LogP contribution in [0.1, 0.15) is 36.9 Å². The Hall–Kier alpha value is -1.41. The highest BCUT2D eigenvalue weighted by atomic mass is 32.2. The van der Waals surface area contributed by atoms with Gasteiger partial charge in [-0.15, -0.1) is 0 Å². The zero-order valence-electron chi connectivity index (χ0n) is 13.2. The molecular formula is C19H25NS. The lowest BCUT2D eigenvalue weighted by Crippen LogP contribution is -2.23. The molecule has 0 aliphatic heterocycles. The Morgan fingerprint density at radius 2 is 1.67 bits per heavy atom. The van der Waals surface area contributed by atoms with Crippen LogP contribution in [0.15, 0.2) is 54.6 Å². The summed E-state index contributed by atoms with van der Waals surface area (Å²) >= 11 is 1.96. The predicted molar refractivity (Wildman–Crippen MR) is 96.2 cm³/mol. The number of benzene rings is 2. The van der Waals surface area contributed by atoms with Crippen LogP contribution < -0.4 is 5.32 Å². The van der Waals surface area contributed by atoms with Gasteiger partial charge in [-0.05, 0) is 37.3 Å². The van der Waals surface area contributed by atoms with Crippen molar-refractivity contribution in [3.8, 4) is 0 Å². The molecule has 0 aliphatic carbocycles. The van der Waals surface area contributed by atoms with Crippen molar-refractivity contribution >= 4 is 17.4 Å². The topological polar surface area (TPSA) is 12.0 Å². The molecule has 0 saturated carbocycles. The Morgan fingerprint density at radius 3 is 2.24 bits per heavy atom. The first-order valence-electron chi connectivity index (χ1n) is 7.65. The molecule has 0 amide bonds. The maximum absolute atomic E-state index is 3.74. The van der Waals surface area contributed by atoms with Gasteiger partial charge in [0.25, 0.3) is 0 Å². The normalized spacial score (nSPS) is 13.7. The molecule has 2 rings (SSSR count). The van der Waals surface area contributed by atoms with Crippen LogP contribution in [0.2, 0.25) is 0 Å². The summed E-state index contributed by atoms with van der Waals surface area (Å²) in [4.78, 5) is 0. The van der Waals surface area contributed by atoms with E-state index >= 15 is 0 Å². The number of nitrogens with one attached hydrogen (secondary N) is 1. The summed E-state index contributed by atoms with van der Waals surface area (Å²) in [6, 6.07) is 19.8. The summed E-state index contributed by atoms with van der Waals surface area (Å²) in [5, 5.41) is 4.32. The van der Waals surface area contributed by atoms with Gasteiger partial charge in [0, 0.05) is 10.9 Å². The number of anilines is 1. The number of rotatable bonds is 7. The molecular weight excluding hydrogens is 274 g/mol. The number of aryl methyl sites for hydroxylation is 1. The highest BCUT2D eigenvalue weighted by Crippen LogP contribution is 2.32. The average molecular weight is 299 g/mol. The molecule has 0 spiro atoms. The van der Waals surface area contributed by atoms with Gasteiger partial charge in [-0.2, -0.15) is 11.8 Å². The average Bonchev–Trinajstić information content (AvgIpc) is 2.53. The molecule has 0 saturated heterocycles. The quantitative estimate of drug-likeness (QED) is 0.706. The van der Waals surface area contributed by atoms with Crippen LogP contribution in [-0.4, -0.2) is 11.5 Å². The molecule has 0 radical (unpaired) electrons. The van der Waals surface area contributed by atoms with E-state index in [1.807, 2.05) is 11.8 Å². The molecule has 112 valence electrons. The van der Waals surface area contributed by atoms with E-state index in [0.717, 1.165) is 0 Å². The van der Waals surface area contributed by atoms with Gasteiger partial charge in [0.2, 0.25) is 0 Å². The lowest BCUT2D eigenvalue weighted by Gasteiger charge is -2.28. The molecule has 2 aromatic rings. The Balaban J connectivity index is 2.24. The van der Waals surface area contributed by atoms with Crippen molar-refractivity contribution in [1.29, 1.82) is 0 Å². The van der Waals surface area contributed by atoms with Crippen LogP contribution in [-0.2, 0) is 0 Å². The third-order valence-corrected chi connectivity index (χ3v) is 4.89. The first-order chi connectivity index (χ1) is 10.2. The fourth-order valence-corrected chi connectivity index (χ4v) is 3.55. The minimum absolute atomic E-state index is 0.351. The van der Waals surface area contributed by atoms with E-state index in [9.17, 15) is 0 Å². The maximum atomic E-state index is 3.74. The van der Waals surface area contributed by atoms with Crippen molar-refractivity contribution in [2.24, 2.45) is 0 Å². The van der Waals surface area contributed by atoms with Crippen molar-refractivity contribution in [2.75, 3.05) is 11.6 Å². The molecule has 1 N–H and O–H groups in total. The summed E-state index contributed by atoms with van der Waals surface area (Å²) < 4.78 is 0. The monoisotopic (exact) mass is 299 g/mol. The third-order valence-electron chi connectivity index (χ3n) is 3.78. The van der Waals surface area contributed by atoms with Gasteiger partial charge in [-0.25, -0.2) is 0 Å². The third kappa shape index (κ3) is 4.53. The van der Waals surface area contributed by atoms with Crippen LogP contribution in [0.3, 0.4) is 0 Å². The minimum atomic E-state index is 0.351. The van der Waals surface area contributed by atoms with Crippen LogP contribution in [0.25, 0.3) is 0 Å². The van der Waals surface area contributed by atoms with E-state index in [1.54, 1.807) is 0 Å². The highest BCUT2D eigenvalue weighted by molar-refractivity contribution is 7.99. The molecule has 2 unspecified atom stereocenters. The van der Waals surface area contributed by atoms with E-state index in [-0.39, 0.29) is 0 Å². The molecule has 2 heteroatoms. The predicted octanol–water partition coefficient (Wildman–Crippen LogP) is 5.68. The van der Waals surface area contributed by atoms with Crippen molar-refractivity contribution in [3.05, 3.63) is 65.7 Å². The van der Waals surface area contributed by atoms with Gasteiger partial charge in [0.1, 0.15) is 0 Å². The fourth-order valence-electron chi connectivity index (χ4n) is 2.59. The Bertz CT molecular complexity index is 521. The first kappa shape index (κ1) is 16.0. The zero-order chi connectivity index (χ0) is 15.1. The molecule has 0 heterocycles. The number of hydrogen-bond acceptors (Lipinski definition) is 2. The smallest absolute Gasteiger partial charge is 0.0632 e. The standard InChI is InChI=1S/C19H25NS/c1-4-8-18(21-3)19(16-9-6-5-7-10-16)20-17-13-11-15(2)12-14-17/h5-7,9-14,18-20H,4,8H2,1-3H3. The van der Waals surface area contributed by atoms with Gasteiger partial charge >= 0.3 is 0 Å². The van der Waals surface area contributed by atoms with Crippen LogP contribution in [0, 0.1) is 6.92 Å². The lowest BCUT2D eigenvalue weighted by molar-refractivity contribution is 0.653. The number of hydrogen-bond donors (Lipinski definition) is 1. The molecule has 1 nitrogen and oxygen atoms in total. The highest BCUT2D eigenvalue weighted by Gasteiger charge is 2.21. The Kier molecular flexibility index (Phi) is 6.19. The molecule has 0 aliphatic rings. The second-order valence-corrected chi connectivity index (χ2v) is 6.54. The van der Waals surface area contributed by atoms with E-state index in [0.29, 0.717) is 11.3 Å². The summed E-state index contributed by atoms with van der Waals surface area (Å²) in [6.45, 7) is 4.39. The molecule has 0 aromatic heterocycles. The Morgan fingerprint density at radius 1 is 1.00 bits per heavy atom. The fraction of sp³-hybridized carbons (Fsp3) is 0.368. The van der Waals surface area contributed by atoms with E-state index in [1.165, 1.54) is 29.7 Å². The first-order valence-corrected chi connectivity index (χ1v) is 8.94. The van der Waals surface area contributed by atoms with Crippen LogP contribution >= 0.6 is 11.8 Å². The summed E-state index contributed by atoms with van der Waals surface area (Å²) in [6.07, 6.45) is 4.65. The zero-order valence-corrected chi connectivity index (χ0v) is 14.0. The molecule has 21 heavy (non-hydrogen) atoms. The minimum Gasteiger partial charge on any atom is -0.377 e. The van der Waals surface area contributed by atoms with Crippen molar-refractivity contribution in [1.82, 2.24) is 0 Å². The molecule has 0 fully saturated rings. The van der Waals surface area contributed by atoms with Crippen LogP contribution in [0.5, 0.6) is 0 Å². The summed E-state index contributed by atoms with van der Waals surface area (Å²) in [5.74, 6) is 0. The maximum Gasteiger partial charge on any atom is 0.0632 e. The van der Waals surface area contributed by atoms with Gasteiger partial charge in [0.05, 0.1) is 6.04 Å². The summed E-state index contributed by atoms with van der Waals surface area (Å²) in [7, 11) is 0. The SMILES string of the molecule is CCCC(SC)C(Nc1ccc(C)cc1)c1ccccc1. The molecule has 2 aromatic carbocycles. The van der Waals surface area contributed by atoms with Gasteiger partial charge < -0.3 is 5.32 Å². The second kappa shape index (κ2) is 8.14. The van der Waals surface area contributed by atoms with Crippen molar-refractivity contribution in [2.45, 2.75) is 38.0 Å². The van der Waals surface area contributed by atoms with Gasteiger partial charge in [-0.1, -0.05) is 61.4 Å². The summed E-state index contributed by atoms with van der Waals surface area (Å²) in [5.41, 5.74) is 3.86. The van der Waals surface area contributed by atoms with E-state index in [4.69, 9.17) is 0 Å². The van der Waals surface area contributed by atoms with Gasteiger partial charge in [-0.3, -0.25) is 0 Å². The Labute approximate surface area is 133 Å². The largest absolute Gasteiger partial charge is 0.377 e.